The summed E-state index contributed by atoms with van der Waals surface area (Å²) in [4.78, 5) is 2.50. The number of terminal acetylenes is 1. The van der Waals surface area contributed by atoms with Crippen molar-refractivity contribution in [1.82, 2.24) is 4.90 Å². The first-order valence-electron chi connectivity index (χ1n) is 5.17. The Balaban J connectivity index is 2.22. The molecule has 0 spiro atoms. The molecule has 74 valence electrons. The lowest BCUT2D eigenvalue weighted by Gasteiger charge is -2.36. The van der Waals surface area contributed by atoms with Gasteiger partial charge in [0, 0.05) is 18.5 Å². The van der Waals surface area contributed by atoms with Gasteiger partial charge in [0.15, 0.2) is 0 Å². The SMILES string of the molecule is C#CCCCN1CCC(N)CC1C. The maximum Gasteiger partial charge on any atom is 0.00982 e. The highest BCUT2D eigenvalue weighted by atomic mass is 15.2. The van der Waals surface area contributed by atoms with Gasteiger partial charge >= 0.3 is 0 Å². The van der Waals surface area contributed by atoms with Crippen LogP contribution in [-0.4, -0.2) is 30.1 Å². The van der Waals surface area contributed by atoms with Gasteiger partial charge in [-0.25, -0.2) is 0 Å². The molecule has 1 aliphatic rings. The smallest absolute Gasteiger partial charge is 0.00982 e. The number of nitrogens with zero attached hydrogens (tertiary/aromatic N) is 1. The van der Waals surface area contributed by atoms with E-state index in [2.05, 4.69) is 17.7 Å². The fraction of sp³-hybridized carbons (Fsp3) is 0.818. The Morgan fingerprint density at radius 3 is 3.00 bits per heavy atom. The minimum atomic E-state index is 0.416. The quantitative estimate of drug-likeness (QED) is 0.522. The van der Waals surface area contributed by atoms with Crippen LogP contribution in [0.25, 0.3) is 0 Å². The molecule has 2 heteroatoms. The molecule has 0 radical (unpaired) electrons. The molecular formula is C11H20N2. The van der Waals surface area contributed by atoms with Crippen molar-refractivity contribution in [3.05, 3.63) is 0 Å². The van der Waals surface area contributed by atoms with Crippen molar-refractivity contribution in [3.63, 3.8) is 0 Å². The maximum absolute atomic E-state index is 5.88. The molecule has 2 unspecified atom stereocenters. The first-order valence-corrected chi connectivity index (χ1v) is 5.17. The predicted molar refractivity (Wildman–Crippen MR) is 56.3 cm³/mol. The molecule has 1 fully saturated rings. The third-order valence-corrected chi connectivity index (χ3v) is 2.82. The number of nitrogens with two attached hydrogens (primary N) is 1. The van der Waals surface area contributed by atoms with Gasteiger partial charge < -0.3 is 10.6 Å². The Kier molecular flexibility index (Phi) is 4.27. The zero-order valence-corrected chi connectivity index (χ0v) is 8.50. The maximum atomic E-state index is 5.88. The zero-order chi connectivity index (χ0) is 9.68. The van der Waals surface area contributed by atoms with Gasteiger partial charge in [-0.2, -0.15) is 0 Å². The molecule has 2 nitrogen and oxygen atoms in total. The molecular weight excluding hydrogens is 160 g/mol. The van der Waals surface area contributed by atoms with Gasteiger partial charge in [0.25, 0.3) is 0 Å². The summed E-state index contributed by atoms with van der Waals surface area (Å²) in [6.07, 6.45) is 9.51. The topological polar surface area (TPSA) is 29.3 Å². The van der Waals surface area contributed by atoms with Crippen molar-refractivity contribution in [2.45, 2.75) is 44.7 Å². The highest BCUT2D eigenvalue weighted by Gasteiger charge is 2.21. The van der Waals surface area contributed by atoms with E-state index in [1.165, 1.54) is 0 Å². The van der Waals surface area contributed by atoms with Crippen molar-refractivity contribution in [3.8, 4) is 12.3 Å². The first kappa shape index (κ1) is 10.6. The molecule has 0 saturated carbocycles. The average Bonchev–Trinajstić information content (AvgIpc) is 2.09. The highest BCUT2D eigenvalue weighted by Crippen LogP contribution is 2.15. The molecule has 1 heterocycles. The van der Waals surface area contributed by atoms with E-state index in [1.54, 1.807) is 0 Å². The van der Waals surface area contributed by atoms with Crippen LogP contribution in [0, 0.1) is 12.3 Å². The molecule has 1 rings (SSSR count). The van der Waals surface area contributed by atoms with Crippen molar-refractivity contribution in [2.24, 2.45) is 5.73 Å². The fourth-order valence-corrected chi connectivity index (χ4v) is 1.97. The van der Waals surface area contributed by atoms with Crippen LogP contribution >= 0.6 is 0 Å². The minimum Gasteiger partial charge on any atom is -0.328 e. The molecule has 0 aromatic rings. The van der Waals surface area contributed by atoms with Gasteiger partial charge in [0.2, 0.25) is 0 Å². The zero-order valence-electron chi connectivity index (χ0n) is 8.50. The van der Waals surface area contributed by atoms with Crippen LogP contribution in [0.2, 0.25) is 0 Å². The summed E-state index contributed by atoms with van der Waals surface area (Å²) in [6, 6.07) is 1.06. The summed E-state index contributed by atoms with van der Waals surface area (Å²) in [5, 5.41) is 0. The van der Waals surface area contributed by atoms with E-state index in [1.807, 2.05) is 0 Å². The molecule has 13 heavy (non-hydrogen) atoms. The highest BCUT2D eigenvalue weighted by molar-refractivity contribution is 4.85. The third kappa shape index (κ3) is 3.38. The number of piperidine rings is 1. The lowest BCUT2D eigenvalue weighted by Crippen LogP contribution is -2.45. The number of rotatable bonds is 3. The summed E-state index contributed by atoms with van der Waals surface area (Å²) in [6.45, 7) is 4.54. The van der Waals surface area contributed by atoms with Crippen molar-refractivity contribution in [1.29, 1.82) is 0 Å². The second-order valence-corrected chi connectivity index (χ2v) is 3.98. The van der Waals surface area contributed by atoms with Gasteiger partial charge in [0.05, 0.1) is 0 Å². The van der Waals surface area contributed by atoms with E-state index >= 15 is 0 Å². The van der Waals surface area contributed by atoms with Crippen LogP contribution in [0.4, 0.5) is 0 Å². The van der Waals surface area contributed by atoms with Gasteiger partial charge in [-0.1, -0.05) is 0 Å². The largest absolute Gasteiger partial charge is 0.328 e. The third-order valence-electron chi connectivity index (χ3n) is 2.82. The minimum absolute atomic E-state index is 0.416. The van der Waals surface area contributed by atoms with Crippen LogP contribution in [-0.2, 0) is 0 Å². The second kappa shape index (κ2) is 5.26. The molecule has 2 N–H and O–H groups in total. The van der Waals surface area contributed by atoms with Crippen molar-refractivity contribution >= 4 is 0 Å². The Labute approximate surface area is 81.5 Å². The number of likely N-dealkylation sites (tertiary alicyclic amines) is 1. The predicted octanol–water partition coefficient (Wildman–Crippen LogP) is 1.21. The Hall–Kier alpha value is -0.520. The van der Waals surface area contributed by atoms with E-state index < -0.39 is 0 Å². The van der Waals surface area contributed by atoms with Crippen LogP contribution < -0.4 is 5.73 Å². The molecule has 0 aliphatic carbocycles. The Morgan fingerprint density at radius 2 is 2.38 bits per heavy atom. The summed E-state index contributed by atoms with van der Waals surface area (Å²) >= 11 is 0. The van der Waals surface area contributed by atoms with Crippen molar-refractivity contribution < 1.29 is 0 Å². The summed E-state index contributed by atoms with van der Waals surface area (Å²) in [5.41, 5.74) is 5.88. The summed E-state index contributed by atoms with van der Waals surface area (Å²) in [7, 11) is 0. The van der Waals surface area contributed by atoms with Gasteiger partial charge in [0.1, 0.15) is 0 Å². The average molecular weight is 180 g/mol. The van der Waals surface area contributed by atoms with Crippen molar-refractivity contribution in [2.75, 3.05) is 13.1 Å². The van der Waals surface area contributed by atoms with E-state index in [-0.39, 0.29) is 0 Å². The lowest BCUT2D eigenvalue weighted by molar-refractivity contribution is 0.147. The van der Waals surface area contributed by atoms with E-state index in [0.29, 0.717) is 12.1 Å². The van der Waals surface area contributed by atoms with Crippen LogP contribution in [0.3, 0.4) is 0 Å². The molecule has 0 amide bonds. The molecule has 2 atom stereocenters. The molecule has 0 aromatic heterocycles. The van der Waals surface area contributed by atoms with Crippen LogP contribution in [0.5, 0.6) is 0 Å². The standard InChI is InChI=1S/C11H20N2/c1-3-4-5-7-13-8-6-11(12)9-10(13)2/h1,10-11H,4-9,12H2,2H3. The Bertz CT molecular complexity index is 183. The Morgan fingerprint density at radius 1 is 1.62 bits per heavy atom. The lowest BCUT2D eigenvalue weighted by atomic mass is 9.99. The van der Waals surface area contributed by atoms with Gasteiger partial charge in [-0.3, -0.25) is 0 Å². The van der Waals surface area contributed by atoms with Crippen LogP contribution in [0.1, 0.15) is 32.6 Å². The number of unbranched alkanes of at least 4 members (excludes halogenated alkanes) is 1. The normalized spacial score (nSPS) is 29.9. The van der Waals surface area contributed by atoms with Crippen LogP contribution in [0.15, 0.2) is 0 Å². The molecule has 1 aliphatic heterocycles. The monoisotopic (exact) mass is 180 g/mol. The van der Waals surface area contributed by atoms with E-state index in [4.69, 9.17) is 12.2 Å². The fourth-order valence-electron chi connectivity index (χ4n) is 1.97. The van der Waals surface area contributed by atoms with E-state index in [0.717, 1.165) is 38.8 Å². The second-order valence-electron chi connectivity index (χ2n) is 3.98. The summed E-state index contributed by atoms with van der Waals surface area (Å²) < 4.78 is 0. The molecule has 0 bridgehead atoms. The first-order chi connectivity index (χ1) is 6.24. The number of hydrogen-bond acceptors (Lipinski definition) is 2. The van der Waals surface area contributed by atoms with Gasteiger partial charge in [-0.15, -0.1) is 12.3 Å². The van der Waals surface area contributed by atoms with E-state index in [9.17, 15) is 0 Å². The molecule has 1 saturated heterocycles. The molecule has 0 aromatic carbocycles. The summed E-state index contributed by atoms with van der Waals surface area (Å²) in [5.74, 6) is 2.68. The number of hydrogen-bond donors (Lipinski definition) is 1. The van der Waals surface area contributed by atoms with Gasteiger partial charge in [-0.05, 0) is 39.3 Å².